The molecular weight excluding hydrogens is 588 g/mol. The first-order valence-electron chi connectivity index (χ1n) is 13.6. The Hall–Kier alpha value is -6.82. The van der Waals surface area contributed by atoms with Crippen molar-refractivity contribution in [3.05, 3.63) is 144 Å². The molecule has 0 atom stereocenters. The normalized spacial score (nSPS) is 9.91. The van der Waals surface area contributed by atoms with Crippen LogP contribution in [0.3, 0.4) is 0 Å². The topological polar surface area (TPSA) is 204 Å². The summed E-state index contributed by atoms with van der Waals surface area (Å²) in [6.45, 7) is 0. The summed E-state index contributed by atoms with van der Waals surface area (Å²) in [5.74, 6) is -0.589. The van der Waals surface area contributed by atoms with Gasteiger partial charge in [-0.3, -0.25) is 9.59 Å². The van der Waals surface area contributed by atoms with Crippen molar-refractivity contribution < 1.29 is 29.4 Å². The molecule has 46 heavy (non-hydrogen) atoms. The number of hydrogen-bond acceptors (Lipinski definition) is 7. The van der Waals surface area contributed by atoms with Gasteiger partial charge in [-0.25, -0.2) is 19.6 Å². The molecule has 2 heterocycles. The number of carbonyl (C=O) groups excluding carboxylic acids is 2. The number of H-pyrrole nitrogens is 2. The molecule has 12 nitrogen and oxygen atoms in total. The van der Waals surface area contributed by atoms with Crippen LogP contribution in [-0.2, 0) is 0 Å². The Bertz CT molecular complexity index is 1890. The summed E-state index contributed by atoms with van der Waals surface area (Å²) in [5, 5.41) is 19.9. The number of anilines is 2. The fourth-order valence-corrected chi connectivity index (χ4v) is 3.91. The van der Waals surface area contributed by atoms with E-state index in [-0.39, 0.29) is 17.0 Å². The molecule has 0 bridgehead atoms. The van der Waals surface area contributed by atoms with Gasteiger partial charge < -0.3 is 31.2 Å². The number of hydrogen-bond donors (Lipinski definition) is 6. The number of imidazole rings is 2. The van der Waals surface area contributed by atoms with Gasteiger partial charge in [0.1, 0.15) is 17.9 Å². The Morgan fingerprint density at radius 1 is 0.652 bits per heavy atom. The second-order valence-electron chi connectivity index (χ2n) is 9.42. The maximum absolute atomic E-state index is 12.2. The molecule has 0 saturated heterocycles. The summed E-state index contributed by atoms with van der Waals surface area (Å²) in [7, 11) is 0. The van der Waals surface area contributed by atoms with E-state index in [0.717, 1.165) is 22.8 Å². The minimum absolute atomic E-state index is 0.190. The van der Waals surface area contributed by atoms with Gasteiger partial charge in [0.05, 0.1) is 22.5 Å². The van der Waals surface area contributed by atoms with Crippen LogP contribution in [-0.4, -0.2) is 54.3 Å². The zero-order chi connectivity index (χ0) is 32.9. The van der Waals surface area contributed by atoms with Gasteiger partial charge in [0, 0.05) is 47.0 Å². The highest BCUT2D eigenvalue weighted by Crippen LogP contribution is 2.20. The monoisotopic (exact) mass is 616 g/mol. The summed E-state index contributed by atoms with van der Waals surface area (Å²) in [4.78, 5) is 57.4. The van der Waals surface area contributed by atoms with Crippen LogP contribution in [0.4, 0.5) is 11.4 Å². The Balaban J connectivity index is 0.000000167. The quantitative estimate of drug-likeness (QED) is 0.0934. The van der Waals surface area contributed by atoms with E-state index in [9.17, 15) is 19.2 Å². The lowest BCUT2D eigenvalue weighted by molar-refractivity contribution is 0.0686. The number of aromatic amines is 2. The molecule has 0 aliphatic heterocycles. The van der Waals surface area contributed by atoms with Crippen LogP contribution in [0.25, 0.3) is 22.8 Å². The van der Waals surface area contributed by atoms with E-state index in [1.807, 2.05) is 24.3 Å². The lowest BCUT2D eigenvalue weighted by Gasteiger charge is -2.08. The van der Waals surface area contributed by atoms with Crippen molar-refractivity contribution in [1.29, 1.82) is 0 Å². The van der Waals surface area contributed by atoms with Crippen molar-refractivity contribution >= 4 is 35.5 Å². The highest BCUT2D eigenvalue weighted by molar-refractivity contribution is 6.05. The van der Waals surface area contributed by atoms with Crippen LogP contribution in [0.15, 0.2) is 122 Å². The van der Waals surface area contributed by atoms with Crippen molar-refractivity contribution in [3.63, 3.8) is 0 Å². The molecule has 12 heteroatoms. The molecule has 0 saturated carbocycles. The molecule has 1 amide bonds. The molecule has 6 rings (SSSR count). The lowest BCUT2D eigenvalue weighted by Crippen LogP contribution is -2.12. The number of aldehydes is 1. The summed E-state index contributed by atoms with van der Waals surface area (Å²) >= 11 is 0. The zero-order valence-electron chi connectivity index (χ0n) is 24.1. The largest absolute Gasteiger partial charge is 0.478 e. The average molecular weight is 617 g/mol. The number of nitrogens with one attached hydrogen (secondary N) is 3. The zero-order valence-corrected chi connectivity index (χ0v) is 24.1. The van der Waals surface area contributed by atoms with Gasteiger partial charge in [-0.2, -0.15) is 0 Å². The number of amides is 1. The number of carboxylic acid groups (broad SMARTS) is 2. The SMILES string of the molecule is Nc1ccccc1NC(=O)c1ccc(-c2ncc[nH]2)cc1.O=C(O)c1ccc(-c2ncc[nH]2)cc1.O=Cc1ccc(C(=O)O)cc1. The van der Waals surface area contributed by atoms with Crippen molar-refractivity contribution in [3.8, 4) is 22.8 Å². The van der Waals surface area contributed by atoms with Crippen LogP contribution in [0.1, 0.15) is 41.4 Å². The molecule has 4 aromatic carbocycles. The highest BCUT2D eigenvalue weighted by Gasteiger charge is 2.09. The van der Waals surface area contributed by atoms with Gasteiger partial charge in [-0.15, -0.1) is 0 Å². The minimum Gasteiger partial charge on any atom is -0.478 e. The van der Waals surface area contributed by atoms with E-state index in [2.05, 4.69) is 25.3 Å². The molecule has 230 valence electrons. The number of nitrogens with two attached hydrogens (primary N) is 1. The van der Waals surface area contributed by atoms with Crippen molar-refractivity contribution in [2.24, 2.45) is 0 Å². The number of carbonyl (C=O) groups is 4. The first-order chi connectivity index (χ1) is 22.2. The van der Waals surface area contributed by atoms with E-state index < -0.39 is 11.9 Å². The van der Waals surface area contributed by atoms with Gasteiger partial charge in [-0.05, 0) is 48.5 Å². The maximum Gasteiger partial charge on any atom is 0.335 e. The number of rotatable bonds is 7. The fourth-order valence-electron chi connectivity index (χ4n) is 3.91. The Morgan fingerprint density at radius 3 is 1.52 bits per heavy atom. The number of aromatic nitrogens is 4. The van der Waals surface area contributed by atoms with Crippen molar-refractivity contribution in [2.45, 2.75) is 0 Å². The smallest absolute Gasteiger partial charge is 0.335 e. The van der Waals surface area contributed by atoms with Crippen LogP contribution in [0.2, 0.25) is 0 Å². The van der Waals surface area contributed by atoms with Crippen LogP contribution < -0.4 is 11.1 Å². The van der Waals surface area contributed by atoms with Gasteiger partial charge in [0.2, 0.25) is 0 Å². The molecule has 0 unspecified atom stereocenters. The molecule has 7 N–H and O–H groups in total. The first kappa shape index (κ1) is 32.1. The Labute approximate surface area is 262 Å². The average Bonchev–Trinajstić information content (AvgIpc) is 3.83. The number of benzene rings is 4. The van der Waals surface area contributed by atoms with E-state index in [1.165, 1.54) is 24.3 Å². The molecule has 2 aromatic heterocycles. The number of para-hydroxylation sites is 2. The molecule has 6 aromatic rings. The third kappa shape index (κ3) is 8.84. The summed E-state index contributed by atoms with van der Waals surface area (Å²) in [6.07, 6.45) is 7.49. The first-order valence-corrected chi connectivity index (χ1v) is 13.6. The Kier molecular flexibility index (Phi) is 10.9. The second-order valence-corrected chi connectivity index (χ2v) is 9.42. The third-order valence-corrected chi connectivity index (χ3v) is 6.32. The van der Waals surface area contributed by atoms with Crippen LogP contribution in [0.5, 0.6) is 0 Å². The van der Waals surface area contributed by atoms with Crippen molar-refractivity contribution in [2.75, 3.05) is 11.1 Å². The van der Waals surface area contributed by atoms with Gasteiger partial charge in [0.15, 0.2) is 0 Å². The molecule has 0 aliphatic carbocycles. The minimum atomic E-state index is -0.984. The number of nitrogens with zero attached hydrogens (tertiary/aromatic N) is 2. The second kappa shape index (κ2) is 15.6. The summed E-state index contributed by atoms with van der Waals surface area (Å²) in [5.41, 5.74) is 10.3. The van der Waals surface area contributed by atoms with Crippen molar-refractivity contribution in [1.82, 2.24) is 19.9 Å². The van der Waals surface area contributed by atoms with E-state index in [1.54, 1.807) is 73.3 Å². The van der Waals surface area contributed by atoms with Gasteiger partial charge in [-0.1, -0.05) is 48.5 Å². The Morgan fingerprint density at radius 2 is 1.11 bits per heavy atom. The molecular formula is C34H28N6O6. The summed E-state index contributed by atoms with van der Waals surface area (Å²) < 4.78 is 0. The van der Waals surface area contributed by atoms with E-state index in [4.69, 9.17) is 15.9 Å². The van der Waals surface area contributed by atoms with Gasteiger partial charge in [0.25, 0.3) is 5.91 Å². The number of aromatic carboxylic acids is 2. The molecule has 0 fully saturated rings. The van der Waals surface area contributed by atoms with E-state index in [0.29, 0.717) is 28.8 Å². The molecule has 0 spiro atoms. The maximum atomic E-state index is 12.2. The highest BCUT2D eigenvalue weighted by atomic mass is 16.4. The van der Waals surface area contributed by atoms with Gasteiger partial charge >= 0.3 is 11.9 Å². The molecule has 0 radical (unpaired) electrons. The summed E-state index contributed by atoms with van der Waals surface area (Å²) in [6, 6.07) is 26.7. The number of carboxylic acids is 2. The molecule has 0 aliphatic rings. The van der Waals surface area contributed by atoms with E-state index >= 15 is 0 Å². The lowest BCUT2D eigenvalue weighted by atomic mass is 10.1. The predicted octanol–water partition coefficient (Wildman–Crippen LogP) is 5.88. The third-order valence-electron chi connectivity index (χ3n) is 6.32. The fraction of sp³-hybridized carbons (Fsp3) is 0. The number of nitrogen functional groups attached to an aromatic ring is 1. The predicted molar refractivity (Wildman–Crippen MR) is 173 cm³/mol. The standard InChI is InChI=1S/C16H14N4O.C10H8N2O2.C8H6O3/c17-13-3-1-2-4-14(13)20-16(21)12-7-5-11(6-8-12)15-18-9-10-19-15;13-10(14)8-3-1-7(2-4-8)9-11-5-6-12-9;9-5-6-1-3-7(4-2-6)8(10)11/h1-10H,17H2,(H,18,19)(H,20,21);1-6H,(H,11,12)(H,13,14);1-5H,(H,10,11). The van der Waals surface area contributed by atoms with Crippen LogP contribution >= 0.6 is 0 Å². The van der Waals surface area contributed by atoms with Crippen LogP contribution in [0, 0.1) is 0 Å².